The molecule has 0 spiro atoms. The summed E-state index contributed by atoms with van der Waals surface area (Å²) in [5, 5.41) is 2.53. The van der Waals surface area contributed by atoms with Gasteiger partial charge in [-0.2, -0.15) is 0 Å². The molecule has 0 saturated heterocycles. The van der Waals surface area contributed by atoms with E-state index >= 15 is 0 Å². The summed E-state index contributed by atoms with van der Waals surface area (Å²) < 4.78 is 0. The van der Waals surface area contributed by atoms with Crippen molar-refractivity contribution in [3.05, 3.63) is 22.7 Å². The smallest absolute Gasteiger partial charge is 0.178 e. The molecule has 0 aliphatic carbocycles. The van der Waals surface area contributed by atoms with Crippen molar-refractivity contribution in [2.24, 2.45) is 0 Å². The maximum absolute atomic E-state index is 10.7. The van der Waals surface area contributed by atoms with Crippen LogP contribution in [0, 0.1) is 0 Å². The lowest BCUT2D eigenvalue weighted by Gasteiger charge is -1.80. The van der Waals surface area contributed by atoms with Crippen LogP contribution in [0.15, 0.2) is 12.0 Å². The Labute approximate surface area is 63.2 Å². The van der Waals surface area contributed by atoms with E-state index in [1.807, 2.05) is 0 Å². The van der Waals surface area contributed by atoms with E-state index in [4.69, 9.17) is 0 Å². The topological polar surface area (TPSA) is 30.0 Å². The molecule has 1 aromatic heterocycles. The van der Waals surface area contributed by atoms with Crippen molar-refractivity contribution in [1.29, 1.82) is 0 Å². The highest BCUT2D eigenvalue weighted by Crippen LogP contribution is 2.10. The van der Waals surface area contributed by atoms with Crippen molar-refractivity contribution in [3.63, 3.8) is 0 Å². The van der Waals surface area contributed by atoms with Crippen LogP contribution in [0.4, 0.5) is 0 Å². The van der Waals surface area contributed by atoms with Gasteiger partial charge in [0.1, 0.15) is 10.7 Å². The SMILES string of the molecule is C=Cc1nc(C(C)=O)cs1. The zero-order valence-corrected chi connectivity index (χ0v) is 6.44. The van der Waals surface area contributed by atoms with Gasteiger partial charge in [0.2, 0.25) is 0 Å². The summed E-state index contributed by atoms with van der Waals surface area (Å²) in [5.41, 5.74) is 0.528. The molecule has 1 heterocycles. The summed E-state index contributed by atoms with van der Waals surface area (Å²) in [6.07, 6.45) is 1.64. The largest absolute Gasteiger partial charge is 0.293 e. The standard InChI is InChI=1S/C7H7NOS/c1-3-7-8-6(4-10-7)5(2)9/h3-4H,1H2,2H3. The van der Waals surface area contributed by atoms with Crippen LogP contribution in [0.5, 0.6) is 0 Å². The molecule has 0 fully saturated rings. The van der Waals surface area contributed by atoms with E-state index in [2.05, 4.69) is 11.6 Å². The Kier molecular flexibility index (Phi) is 1.97. The molecular formula is C7H7NOS. The number of hydrogen-bond donors (Lipinski definition) is 0. The monoisotopic (exact) mass is 153 g/mol. The predicted octanol–water partition coefficient (Wildman–Crippen LogP) is 1.99. The fourth-order valence-corrected chi connectivity index (χ4v) is 1.24. The normalized spacial score (nSPS) is 9.30. The first kappa shape index (κ1) is 7.15. The molecule has 10 heavy (non-hydrogen) atoms. The van der Waals surface area contributed by atoms with Gasteiger partial charge < -0.3 is 0 Å². The van der Waals surface area contributed by atoms with Crippen LogP contribution in [-0.2, 0) is 0 Å². The fourth-order valence-electron chi connectivity index (χ4n) is 0.543. The Morgan fingerprint density at radius 2 is 2.60 bits per heavy atom. The number of thiazole rings is 1. The van der Waals surface area contributed by atoms with Gasteiger partial charge in [-0.25, -0.2) is 4.98 Å². The highest BCUT2D eigenvalue weighted by Gasteiger charge is 2.01. The number of carbonyl (C=O) groups is 1. The molecule has 2 nitrogen and oxygen atoms in total. The summed E-state index contributed by atoms with van der Waals surface area (Å²) in [5.74, 6) is 0.00403. The number of Topliss-reactive ketones (excluding diaryl/α,β-unsaturated/α-hetero) is 1. The highest BCUT2D eigenvalue weighted by atomic mass is 32.1. The molecule has 0 bridgehead atoms. The predicted molar refractivity (Wildman–Crippen MR) is 42.2 cm³/mol. The molecule has 1 aromatic rings. The zero-order valence-electron chi connectivity index (χ0n) is 5.63. The van der Waals surface area contributed by atoms with Crippen LogP contribution in [0.2, 0.25) is 0 Å². The van der Waals surface area contributed by atoms with Crippen molar-refractivity contribution in [1.82, 2.24) is 4.98 Å². The van der Waals surface area contributed by atoms with Gasteiger partial charge in [-0.3, -0.25) is 4.79 Å². The van der Waals surface area contributed by atoms with E-state index in [0.717, 1.165) is 5.01 Å². The van der Waals surface area contributed by atoms with E-state index in [1.165, 1.54) is 18.3 Å². The van der Waals surface area contributed by atoms with E-state index in [9.17, 15) is 4.79 Å². The van der Waals surface area contributed by atoms with Crippen molar-refractivity contribution in [3.8, 4) is 0 Å². The van der Waals surface area contributed by atoms with Crippen LogP contribution < -0.4 is 0 Å². The average molecular weight is 153 g/mol. The van der Waals surface area contributed by atoms with Gasteiger partial charge in [0.25, 0.3) is 0 Å². The molecule has 0 N–H and O–H groups in total. The quantitative estimate of drug-likeness (QED) is 0.608. The summed E-state index contributed by atoms with van der Waals surface area (Å²) in [6, 6.07) is 0. The fraction of sp³-hybridized carbons (Fsp3) is 0.143. The second-order valence-corrected chi connectivity index (χ2v) is 2.72. The Bertz CT molecular complexity index is 264. The van der Waals surface area contributed by atoms with Crippen molar-refractivity contribution in [2.75, 3.05) is 0 Å². The van der Waals surface area contributed by atoms with Crippen LogP contribution in [0.3, 0.4) is 0 Å². The molecule has 0 aliphatic rings. The lowest BCUT2D eigenvalue weighted by Crippen LogP contribution is -1.90. The summed E-state index contributed by atoms with van der Waals surface area (Å²) in [6.45, 7) is 5.04. The zero-order chi connectivity index (χ0) is 7.56. The van der Waals surface area contributed by atoms with Gasteiger partial charge >= 0.3 is 0 Å². The van der Waals surface area contributed by atoms with Gasteiger partial charge in [0, 0.05) is 12.3 Å². The molecule has 0 aromatic carbocycles. The minimum atomic E-state index is 0.00403. The molecule has 52 valence electrons. The number of aromatic nitrogens is 1. The molecule has 0 atom stereocenters. The maximum atomic E-state index is 10.7. The van der Waals surface area contributed by atoms with Gasteiger partial charge in [-0.05, 0) is 6.08 Å². The molecule has 0 radical (unpaired) electrons. The van der Waals surface area contributed by atoms with Crippen molar-refractivity contribution in [2.45, 2.75) is 6.92 Å². The van der Waals surface area contributed by atoms with Crippen LogP contribution in [0.1, 0.15) is 22.4 Å². The minimum absolute atomic E-state index is 0.00403. The molecule has 0 unspecified atom stereocenters. The third kappa shape index (κ3) is 1.30. The third-order valence-electron chi connectivity index (χ3n) is 1.06. The van der Waals surface area contributed by atoms with E-state index in [-0.39, 0.29) is 5.78 Å². The Morgan fingerprint density at radius 1 is 1.90 bits per heavy atom. The van der Waals surface area contributed by atoms with Crippen LogP contribution in [-0.4, -0.2) is 10.8 Å². The number of hydrogen-bond acceptors (Lipinski definition) is 3. The highest BCUT2D eigenvalue weighted by molar-refractivity contribution is 7.10. The van der Waals surface area contributed by atoms with Crippen molar-refractivity contribution < 1.29 is 4.79 Å². The number of nitrogens with zero attached hydrogens (tertiary/aromatic N) is 1. The number of carbonyl (C=O) groups excluding carboxylic acids is 1. The van der Waals surface area contributed by atoms with Crippen LogP contribution >= 0.6 is 11.3 Å². The van der Waals surface area contributed by atoms with E-state index in [0.29, 0.717) is 5.69 Å². The lowest BCUT2D eigenvalue weighted by atomic mass is 10.4. The van der Waals surface area contributed by atoms with Gasteiger partial charge in [0.05, 0.1) is 0 Å². The van der Waals surface area contributed by atoms with Crippen molar-refractivity contribution >= 4 is 23.2 Å². The van der Waals surface area contributed by atoms with Gasteiger partial charge in [0.15, 0.2) is 5.78 Å². The van der Waals surface area contributed by atoms with Gasteiger partial charge in [-0.1, -0.05) is 6.58 Å². The first-order chi connectivity index (χ1) is 4.74. The maximum Gasteiger partial charge on any atom is 0.178 e. The summed E-state index contributed by atoms with van der Waals surface area (Å²) >= 11 is 1.43. The van der Waals surface area contributed by atoms with Crippen LogP contribution in [0.25, 0.3) is 6.08 Å². The lowest BCUT2D eigenvalue weighted by molar-refractivity contribution is 0.101. The second-order valence-electron chi connectivity index (χ2n) is 1.83. The number of ketones is 1. The average Bonchev–Trinajstić information content (AvgIpc) is 2.34. The molecule has 0 amide bonds. The first-order valence-electron chi connectivity index (χ1n) is 2.83. The molecular weight excluding hydrogens is 146 g/mol. The summed E-state index contributed by atoms with van der Waals surface area (Å²) in [7, 11) is 0. The molecule has 3 heteroatoms. The molecule has 0 saturated carbocycles. The first-order valence-corrected chi connectivity index (χ1v) is 3.71. The second kappa shape index (κ2) is 2.75. The Hall–Kier alpha value is -0.960. The minimum Gasteiger partial charge on any atom is -0.293 e. The van der Waals surface area contributed by atoms with E-state index in [1.54, 1.807) is 11.5 Å². The summed E-state index contributed by atoms with van der Waals surface area (Å²) in [4.78, 5) is 14.7. The van der Waals surface area contributed by atoms with Gasteiger partial charge in [-0.15, -0.1) is 11.3 Å². The Morgan fingerprint density at radius 3 is 2.90 bits per heavy atom. The molecule has 1 rings (SSSR count). The third-order valence-corrected chi connectivity index (χ3v) is 1.90. The number of rotatable bonds is 2. The molecule has 0 aliphatic heterocycles. The van der Waals surface area contributed by atoms with E-state index < -0.39 is 0 Å². The Balaban J connectivity index is 2.98.